The molecule has 0 radical (unpaired) electrons. The zero-order valence-electron chi connectivity index (χ0n) is 11.4. The molecule has 4 heteroatoms. The van der Waals surface area contributed by atoms with Crippen LogP contribution < -0.4 is 5.32 Å². The van der Waals surface area contributed by atoms with E-state index in [9.17, 15) is 9.90 Å². The summed E-state index contributed by atoms with van der Waals surface area (Å²) in [5, 5.41) is 12.4. The number of hydrogen-bond donors (Lipinski definition) is 2. The van der Waals surface area contributed by atoms with Crippen molar-refractivity contribution in [2.45, 2.75) is 43.2 Å². The topological polar surface area (TPSA) is 49.3 Å². The molecule has 2 N–H and O–H groups in total. The molecule has 0 aliphatic heterocycles. The highest BCUT2D eigenvalue weighted by atomic mass is 32.2. The van der Waals surface area contributed by atoms with Gasteiger partial charge in [-0.25, -0.2) is 0 Å². The molecular weight excluding hydrogens is 258 g/mol. The highest BCUT2D eigenvalue weighted by molar-refractivity contribution is 7.98. The molecule has 0 bridgehead atoms. The molecule has 104 valence electrons. The summed E-state index contributed by atoms with van der Waals surface area (Å²) < 4.78 is 0. The lowest BCUT2D eigenvalue weighted by Gasteiger charge is -2.37. The zero-order valence-corrected chi connectivity index (χ0v) is 12.2. The fraction of sp³-hybridized carbons (Fsp3) is 0.533. The predicted octanol–water partition coefficient (Wildman–Crippen LogP) is 2.69. The Kier molecular flexibility index (Phi) is 4.88. The number of thioether (sulfide) groups is 1. The number of rotatable bonds is 5. The molecule has 3 nitrogen and oxygen atoms in total. The quantitative estimate of drug-likeness (QED) is 0.815. The Labute approximate surface area is 118 Å². The van der Waals surface area contributed by atoms with Crippen LogP contribution in [0, 0.1) is 5.92 Å². The van der Waals surface area contributed by atoms with Crippen molar-refractivity contribution in [3.05, 3.63) is 29.8 Å². The first-order valence-electron chi connectivity index (χ1n) is 6.77. The van der Waals surface area contributed by atoms with E-state index in [0.717, 1.165) is 24.2 Å². The van der Waals surface area contributed by atoms with Gasteiger partial charge in [-0.3, -0.25) is 4.79 Å². The third-order valence-corrected chi connectivity index (χ3v) is 4.57. The van der Waals surface area contributed by atoms with Crippen molar-refractivity contribution >= 4 is 17.7 Å². The van der Waals surface area contributed by atoms with Gasteiger partial charge in [-0.2, -0.15) is 0 Å². The molecule has 1 aliphatic carbocycles. The van der Waals surface area contributed by atoms with Gasteiger partial charge in [0, 0.05) is 16.5 Å². The third kappa shape index (κ3) is 3.51. The maximum absolute atomic E-state index is 12.2. The Morgan fingerprint density at radius 2 is 2.05 bits per heavy atom. The van der Waals surface area contributed by atoms with Crippen LogP contribution in [0.15, 0.2) is 29.2 Å². The van der Waals surface area contributed by atoms with E-state index in [1.807, 2.05) is 30.5 Å². The number of carbonyl (C=O) groups excluding carboxylic acids is 1. The lowest BCUT2D eigenvalue weighted by molar-refractivity contribution is 0.0232. The van der Waals surface area contributed by atoms with Crippen molar-refractivity contribution < 1.29 is 9.90 Å². The SMILES string of the molecule is CC[C@H](NC(=O)c1ccc(SC)cc1)C1CC(O)C1. The highest BCUT2D eigenvalue weighted by Crippen LogP contribution is 2.31. The number of aliphatic hydroxyl groups is 1. The minimum atomic E-state index is -0.170. The van der Waals surface area contributed by atoms with Gasteiger partial charge in [0.05, 0.1) is 6.10 Å². The van der Waals surface area contributed by atoms with Gasteiger partial charge in [0.25, 0.3) is 5.91 Å². The van der Waals surface area contributed by atoms with Gasteiger partial charge in [0.2, 0.25) is 0 Å². The molecule has 1 aromatic carbocycles. The number of aliphatic hydroxyl groups excluding tert-OH is 1. The smallest absolute Gasteiger partial charge is 0.251 e. The fourth-order valence-electron chi connectivity index (χ4n) is 2.51. The zero-order chi connectivity index (χ0) is 13.8. The molecule has 0 saturated heterocycles. The highest BCUT2D eigenvalue weighted by Gasteiger charge is 2.33. The van der Waals surface area contributed by atoms with E-state index in [0.29, 0.717) is 11.5 Å². The van der Waals surface area contributed by atoms with E-state index in [2.05, 4.69) is 12.2 Å². The average Bonchev–Trinajstić information content (AvgIpc) is 2.41. The summed E-state index contributed by atoms with van der Waals surface area (Å²) in [5.74, 6) is 0.412. The molecule has 0 aromatic heterocycles. The molecule has 1 amide bonds. The minimum absolute atomic E-state index is 0.0131. The van der Waals surface area contributed by atoms with Crippen LogP contribution in [-0.2, 0) is 0 Å². The summed E-state index contributed by atoms with van der Waals surface area (Å²) in [6.45, 7) is 2.08. The third-order valence-electron chi connectivity index (χ3n) is 3.83. The fourth-order valence-corrected chi connectivity index (χ4v) is 2.91. The van der Waals surface area contributed by atoms with Crippen LogP contribution in [0.1, 0.15) is 36.5 Å². The lowest BCUT2D eigenvalue weighted by Crippen LogP contribution is -2.46. The molecule has 1 aliphatic rings. The molecule has 1 saturated carbocycles. The second-order valence-electron chi connectivity index (χ2n) is 5.10. The summed E-state index contributed by atoms with van der Waals surface area (Å²) in [7, 11) is 0. The molecule has 2 rings (SSSR count). The van der Waals surface area contributed by atoms with Crippen molar-refractivity contribution in [3.8, 4) is 0 Å². The van der Waals surface area contributed by atoms with E-state index in [1.165, 1.54) is 0 Å². The van der Waals surface area contributed by atoms with Crippen LogP contribution in [0.5, 0.6) is 0 Å². The molecule has 1 atom stereocenters. The number of carbonyl (C=O) groups is 1. The molecule has 0 spiro atoms. The van der Waals surface area contributed by atoms with Crippen molar-refractivity contribution in [2.24, 2.45) is 5.92 Å². The van der Waals surface area contributed by atoms with Gasteiger partial charge in [-0.15, -0.1) is 11.8 Å². The van der Waals surface area contributed by atoms with Crippen LogP contribution in [0.2, 0.25) is 0 Å². The van der Waals surface area contributed by atoms with Crippen LogP contribution in [-0.4, -0.2) is 29.4 Å². The van der Waals surface area contributed by atoms with Crippen LogP contribution in [0.3, 0.4) is 0 Å². The molecular formula is C15H21NO2S. The normalized spacial score (nSPS) is 23.5. The van der Waals surface area contributed by atoms with Crippen molar-refractivity contribution in [3.63, 3.8) is 0 Å². The van der Waals surface area contributed by atoms with E-state index in [-0.39, 0.29) is 18.1 Å². The minimum Gasteiger partial charge on any atom is -0.393 e. The van der Waals surface area contributed by atoms with Crippen LogP contribution >= 0.6 is 11.8 Å². The second-order valence-corrected chi connectivity index (χ2v) is 5.98. The number of hydrogen-bond acceptors (Lipinski definition) is 3. The maximum Gasteiger partial charge on any atom is 0.251 e. The standard InChI is InChI=1S/C15H21NO2S/c1-3-14(11-8-12(17)9-11)16-15(18)10-4-6-13(19-2)7-5-10/h4-7,11-12,14,17H,3,8-9H2,1-2H3,(H,16,18)/t11?,12?,14-/m0/s1. The van der Waals surface area contributed by atoms with Crippen molar-refractivity contribution in [1.82, 2.24) is 5.32 Å². The Morgan fingerprint density at radius 3 is 2.53 bits per heavy atom. The van der Waals surface area contributed by atoms with E-state index < -0.39 is 0 Å². The van der Waals surface area contributed by atoms with Gasteiger partial charge in [0.15, 0.2) is 0 Å². The Balaban J connectivity index is 1.94. The molecule has 1 fully saturated rings. The largest absolute Gasteiger partial charge is 0.393 e. The number of amides is 1. The molecule has 0 heterocycles. The first-order chi connectivity index (χ1) is 9.13. The summed E-state index contributed by atoms with van der Waals surface area (Å²) >= 11 is 1.67. The first-order valence-corrected chi connectivity index (χ1v) is 7.99. The monoisotopic (exact) mass is 279 g/mol. The Morgan fingerprint density at radius 1 is 1.42 bits per heavy atom. The lowest BCUT2D eigenvalue weighted by atomic mass is 9.76. The Hall–Kier alpha value is -1.00. The van der Waals surface area contributed by atoms with Gasteiger partial charge in [-0.1, -0.05) is 6.92 Å². The summed E-state index contributed by atoms with van der Waals surface area (Å²) in [5.41, 5.74) is 0.705. The molecule has 0 unspecified atom stereocenters. The molecule has 19 heavy (non-hydrogen) atoms. The van der Waals surface area contributed by atoms with E-state index in [1.54, 1.807) is 11.8 Å². The summed E-state index contributed by atoms with van der Waals surface area (Å²) in [6.07, 6.45) is 4.38. The average molecular weight is 279 g/mol. The van der Waals surface area contributed by atoms with Gasteiger partial charge in [-0.05, 0) is 55.7 Å². The Bertz CT molecular complexity index is 426. The van der Waals surface area contributed by atoms with Gasteiger partial charge >= 0.3 is 0 Å². The summed E-state index contributed by atoms with van der Waals surface area (Å²) in [6, 6.07) is 7.84. The molecule has 1 aromatic rings. The maximum atomic E-state index is 12.2. The first kappa shape index (κ1) is 14.4. The van der Waals surface area contributed by atoms with Crippen LogP contribution in [0.25, 0.3) is 0 Å². The van der Waals surface area contributed by atoms with Gasteiger partial charge < -0.3 is 10.4 Å². The number of nitrogens with one attached hydrogen (secondary N) is 1. The number of benzene rings is 1. The summed E-state index contributed by atoms with van der Waals surface area (Å²) in [4.78, 5) is 13.3. The van der Waals surface area contributed by atoms with Gasteiger partial charge in [0.1, 0.15) is 0 Å². The van der Waals surface area contributed by atoms with Crippen LogP contribution in [0.4, 0.5) is 0 Å². The second kappa shape index (κ2) is 6.44. The van der Waals surface area contributed by atoms with E-state index in [4.69, 9.17) is 0 Å². The predicted molar refractivity (Wildman–Crippen MR) is 78.5 cm³/mol. The van der Waals surface area contributed by atoms with E-state index >= 15 is 0 Å². The van der Waals surface area contributed by atoms with Crippen molar-refractivity contribution in [1.29, 1.82) is 0 Å². The van der Waals surface area contributed by atoms with Crippen molar-refractivity contribution in [2.75, 3.05) is 6.26 Å².